The molecule has 4 nitrogen and oxygen atoms in total. The number of benzene rings is 1. The molecule has 2 aromatic rings. The molecule has 0 atom stereocenters. The predicted molar refractivity (Wildman–Crippen MR) is 67.4 cm³/mol. The smallest absolute Gasteiger partial charge is 0.250 e. The van der Waals surface area contributed by atoms with E-state index in [1.807, 2.05) is 0 Å². The third-order valence-electron chi connectivity index (χ3n) is 2.67. The fourth-order valence-electron chi connectivity index (χ4n) is 1.63. The summed E-state index contributed by atoms with van der Waals surface area (Å²) in [7, 11) is 0. The van der Waals surface area contributed by atoms with Gasteiger partial charge in [-0.2, -0.15) is 0 Å². The third-order valence-corrected chi connectivity index (χ3v) is 2.67. The van der Waals surface area contributed by atoms with Crippen LogP contribution in [0.5, 0.6) is 0 Å². The number of aliphatic hydroxyl groups excluding tert-OH is 1. The Labute approximate surface area is 104 Å². The van der Waals surface area contributed by atoms with Crippen LogP contribution in [-0.4, -0.2) is 15.5 Å². The number of nitrogens with zero attached hydrogens (tertiary/aromatic N) is 1. The predicted octanol–water partition coefficient (Wildman–Crippen LogP) is 1.22. The van der Waals surface area contributed by atoms with Crippen molar-refractivity contribution in [1.29, 1.82) is 0 Å². The van der Waals surface area contributed by atoms with Crippen LogP contribution in [0.2, 0.25) is 0 Å². The summed E-state index contributed by atoms with van der Waals surface area (Å²) >= 11 is 0. The Hall–Kier alpha value is -2.20. The molecule has 0 saturated heterocycles. The van der Waals surface area contributed by atoms with Gasteiger partial charge in [-0.05, 0) is 11.6 Å². The van der Waals surface area contributed by atoms with Crippen molar-refractivity contribution < 1.29 is 9.90 Å². The quantitative estimate of drug-likeness (QED) is 0.821. The average molecular weight is 243 g/mol. The van der Waals surface area contributed by atoms with Crippen molar-refractivity contribution in [2.24, 2.45) is 0 Å². The van der Waals surface area contributed by atoms with Gasteiger partial charge in [0.15, 0.2) is 5.78 Å². The number of carbonyl (C=O) groups is 1. The SMILES string of the molecule is O=C(Cn1ccccc1=O)c1ccc(CO)cc1. The van der Waals surface area contributed by atoms with Gasteiger partial charge in [-0.25, -0.2) is 0 Å². The first kappa shape index (κ1) is 12.3. The van der Waals surface area contributed by atoms with Crippen LogP contribution in [0, 0.1) is 0 Å². The number of rotatable bonds is 4. The Morgan fingerprint density at radius 3 is 2.44 bits per heavy atom. The molecule has 0 aliphatic rings. The Morgan fingerprint density at radius 1 is 1.11 bits per heavy atom. The summed E-state index contributed by atoms with van der Waals surface area (Å²) < 4.78 is 1.36. The molecule has 0 radical (unpaired) electrons. The highest BCUT2D eigenvalue weighted by molar-refractivity contribution is 5.95. The molecule has 0 fully saturated rings. The number of carbonyl (C=O) groups excluding carboxylic acids is 1. The Bertz CT molecular complexity index is 599. The molecule has 0 bridgehead atoms. The summed E-state index contributed by atoms with van der Waals surface area (Å²) in [6.07, 6.45) is 1.59. The van der Waals surface area contributed by atoms with Gasteiger partial charge in [-0.3, -0.25) is 9.59 Å². The Kier molecular flexibility index (Phi) is 3.69. The van der Waals surface area contributed by atoms with Gasteiger partial charge in [0.05, 0.1) is 13.2 Å². The van der Waals surface area contributed by atoms with E-state index >= 15 is 0 Å². The van der Waals surface area contributed by atoms with Crippen LogP contribution in [0.25, 0.3) is 0 Å². The maximum atomic E-state index is 11.9. The average Bonchev–Trinajstić information content (AvgIpc) is 2.41. The van der Waals surface area contributed by atoms with E-state index in [2.05, 4.69) is 0 Å². The zero-order chi connectivity index (χ0) is 13.0. The van der Waals surface area contributed by atoms with Crippen LogP contribution >= 0.6 is 0 Å². The van der Waals surface area contributed by atoms with Gasteiger partial charge in [0.25, 0.3) is 5.56 Å². The summed E-state index contributed by atoms with van der Waals surface area (Å²) in [6, 6.07) is 11.5. The van der Waals surface area contributed by atoms with Crippen molar-refractivity contribution in [3.05, 3.63) is 70.1 Å². The molecule has 0 aliphatic carbocycles. The van der Waals surface area contributed by atoms with Crippen molar-refractivity contribution in [1.82, 2.24) is 4.57 Å². The van der Waals surface area contributed by atoms with E-state index in [1.165, 1.54) is 10.6 Å². The second-order valence-corrected chi connectivity index (χ2v) is 3.94. The summed E-state index contributed by atoms with van der Waals surface area (Å²) in [5, 5.41) is 8.91. The highest BCUT2D eigenvalue weighted by atomic mass is 16.3. The zero-order valence-electron chi connectivity index (χ0n) is 9.74. The first-order valence-corrected chi connectivity index (χ1v) is 5.59. The summed E-state index contributed by atoms with van der Waals surface area (Å²) in [5.74, 6) is -0.132. The number of aliphatic hydroxyl groups is 1. The number of pyridine rings is 1. The second-order valence-electron chi connectivity index (χ2n) is 3.94. The fraction of sp³-hybridized carbons (Fsp3) is 0.143. The molecule has 0 spiro atoms. The topological polar surface area (TPSA) is 59.3 Å². The Morgan fingerprint density at radius 2 is 1.83 bits per heavy atom. The molecular weight excluding hydrogens is 230 g/mol. The maximum absolute atomic E-state index is 11.9. The monoisotopic (exact) mass is 243 g/mol. The lowest BCUT2D eigenvalue weighted by Crippen LogP contribution is -2.22. The standard InChI is InChI=1S/C14H13NO3/c16-10-11-4-6-12(7-5-11)13(17)9-15-8-2-1-3-14(15)18/h1-8,16H,9-10H2. The van der Waals surface area contributed by atoms with E-state index in [0.717, 1.165) is 5.56 Å². The minimum atomic E-state index is -0.196. The van der Waals surface area contributed by atoms with Gasteiger partial charge in [0.1, 0.15) is 0 Å². The van der Waals surface area contributed by atoms with Crippen molar-refractivity contribution in [3.8, 4) is 0 Å². The molecule has 2 rings (SSSR count). The molecule has 1 N–H and O–H groups in total. The molecule has 1 aromatic carbocycles. The second kappa shape index (κ2) is 5.42. The molecular formula is C14H13NO3. The first-order valence-electron chi connectivity index (χ1n) is 5.59. The van der Waals surface area contributed by atoms with Gasteiger partial charge in [0, 0.05) is 17.8 Å². The van der Waals surface area contributed by atoms with E-state index in [9.17, 15) is 9.59 Å². The van der Waals surface area contributed by atoms with Crippen LogP contribution in [0.3, 0.4) is 0 Å². The summed E-state index contributed by atoms with van der Waals surface area (Å²) in [5.41, 5.74) is 1.09. The number of Topliss-reactive ketones (excluding diaryl/α,β-unsaturated/α-hetero) is 1. The lowest BCUT2D eigenvalue weighted by Gasteiger charge is -2.05. The van der Waals surface area contributed by atoms with Crippen LogP contribution in [-0.2, 0) is 13.2 Å². The van der Waals surface area contributed by atoms with Gasteiger partial charge in [-0.1, -0.05) is 30.3 Å². The largest absolute Gasteiger partial charge is 0.392 e. The van der Waals surface area contributed by atoms with Crippen LogP contribution in [0.4, 0.5) is 0 Å². The lowest BCUT2D eigenvalue weighted by atomic mass is 10.1. The van der Waals surface area contributed by atoms with Crippen LogP contribution < -0.4 is 5.56 Å². The number of aromatic nitrogens is 1. The Balaban J connectivity index is 2.17. The molecule has 1 heterocycles. The van der Waals surface area contributed by atoms with Crippen molar-refractivity contribution >= 4 is 5.78 Å². The number of ketones is 1. The summed E-state index contributed by atoms with van der Waals surface area (Å²) in [6.45, 7) is -0.0231. The van der Waals surface area contributed by atoms with E-state index in [1.54, 1.807) is 42.6 Å². The maximum Gasteiger partial charge on any atom is 0.250 e. The molecule has 18 heavy (non-hydrogen) atoms. The van der Waals surface area contributed by atoms with E-state index in [-0.39, 0.29) is 24.5 Å². The zero-order valence-corrected chi connectivity index (χ0v) is 9.74. The van der Waals surface area contributed by atoms with Gasteiger partial charge < -0.3 is 9.67 Å². The molecule has 4 heteroatoms. The lowest BCUT2D eigenvalue weighted by molar-refractivity contribution is 0.0970. The van der Waals surface area contributed by atoms with E-state index < -0.39 is 0 Å². The van der Waals surface area contributed by atoms with Crippen molar-refractivity contribution in [2.75, 3.05) is 0 Å². The van der Waals surface area contributed by atoms with Crippen LogP contribution in [0.1, 0.15) is 15.9 Å². The van der Waals surface area contributed by atoms with E-state index in [4.69, 9.17) is 5.11 Å². The minimum Gasteiger partial charge on any atom is -0.392 e. The van der Waals surface area contributed by atoms with Crippen LogP contribution in [0.15, 0.2) is 53.5 Å². The fourth-order valence-corrected chi connectivity index (χ4v) is 1.63. The molecule has 0 amide bonds. The van der Waals surface area contributed by atoms with Crippen molar-refractivity contribution in [2.45, 2.75) is 13.2 Å². The van der Waals surface area contributed by atoms with Crippen molar-refractivity contribution in [3.63, 3.8) is 0 Å². The summed E-state index contributed by atoms with van der Waals surface area (Å²) in [4.78, 5) is 23.4. The van der Waals surface area contributed by atoms with Gasteiger partial charge in [-0.15, -0.1) is 0 Å². The molecule has 0 saturated carbocycles. The number of hydrogen-bond acceptors (Lipinski definition) is 3. The number of hydrogen-bond donors (Lipinski definition) is 1. The molecule has 92 valence electrons. The third kappa shape index (κ3) is 2.73. The molecule has 0 aliphatic heterocycles. The highest BCUT2D eigenvalue weighted by Gasteiger charge is 2.07. The minimum absolute atomic E-state index is 0.0259. The van der Waals surface area contributed by atoms with Gasteiger partial charge in [0.2, 0.25) is 0 Å². The molecule has 1 aromatic heterocycles. The van der Waals surface area contributed by atoms with Gasteiger partial charge >= 0.3 is 0 Å². The normalized spacial score (nSPS) is 10.3. The highest BCUT2D eigenvalue weighted by Crippen LogP contribution is 2.06. The first-order chi connectivity index (χ1) is 8.70. The van der Waals surface area contributed by atoms with E-state index in [0.29, 0.717) is 5.56 Å². The molecule has 0 unspecified atom stereocenters.